The predicted octanol–water partition coefficient (Wildman–Crippen LogP) is 4.90. The van der Waals surface area contributed by atoms with Crippen LogP contribution in [0.4, 0.5) is 11.4 Å². The molecule has 0 aliphatic heterocycles. The average molecular weight is 520 g/mol. The molecule has 1 amide bonds. The topological polar surface area (TPSA) is 136 Å². The van der Waals surface area contributed by atoms with Gasteiger partial charge in [-0.1, -0.05) is 18.2 Å². The van der Waals surface area contributed by atoms with Crippen LogP contribution in [-0.4, -0.2) is 41.9 Å². The number of non-ortho nitro benzene ring substituents is 1. The molecular weight excluding hydrogens is 496 g/mol. The number of rotatable bonds is 11. The van der Waals surface area contributed by atoms with E-state index in [0.29, 0.717) is 28.7 Å². The van der Waals surface area contributed by atoms with Crippen molar-refractivity contribution in [1.82, 2.24) is 9.78 Å². The first-order valence-electron chi connectivity index (χ1n) is 11.2. The summed E-state index contributed by atoms with van der Waals surface area (Å²) in [5, 5.41) is 18.3. The maximum absolute atomic E-state index is 12.9. The summed E-state index contributed by atoms with van der Waals surface area (Å²) in [6.07, 6.45) is 1.56. The Labute approximate surface area is 217 Å². The van der Waals surface area contributed by atoms with Crippen LogP contribution in [0.2, 0.25) is 0 Å². The first-order valence-corrected chi connectivity index (χ1v) is 11.2. The summed E-state index contributed by atoms with van der Waals surface area (Å²) in [6, 6.07) is 17.5. The molecule has 0 fully saturated rings. The highest BCUT2D eigenvalue weighted by Gasteiger charge is 2.17. The number of nitro benzene ring substituents is 1. The van der Waals surface area contributed by atoms with E-state index in [9.17, 15) is 14.9 Å². The number of carbonyl (C=O) groups is 1. The summed E-state index contributed by atoms with van der Waals surface area (Å²) in [4.78, 5) is 23.8. The Kier molecular flexibility index (Phi) is 7.92. The van der Waals surface area contributed by atoms with Gasteiger partial charge in [-0.15, -0.1) is 0 Å². The van der Waals surface area contributed by atoms with Crippen LogP contribution in [0.1, 0.15) is 10.5 Å². The van der Waals surface area contributed by atoms with Gasteiger partial charge in [-0.2, -0.15) is 5.10 Å². The largest absolute Gasteiger partial charge is 0.493 e. The molecule has 0 aliphatic rings. The van der Waals surface area contributed by atoms with Crippen LogP contribution in [0.25, 0.3) is 0 Å². The number of nitrogens with zero attached hydrogens (tertiary/aromatic N) is 3. The SMILES string of the molecule is COc1ccccc1Oc1cc(NC(=O)c2ccn(COc3c(OC)cccc3OC)n2)cc([N+](=O)[O-])c1. The smallest absolute Gasteiger partial charge is 0.276 e. The van der Waals surface area contributed by atoms with Crippen molar-refractivity contribution in [2.75, 3.05) is 26.6 Å². The molecule has 4 rings (SSSR count). The van der Waals surface area contributed by atoms with E-state index >= 15 is 0 Å². The van der Waals surface area contributed by atoms with E-state index in [1.165, 1.54) is 50.3 Å². The first kappa shape index (κ1) is 25.8. The van der Waals surface area contributed by atoms with E-state index in [1.54, 1.807) is 48.7 Å². The maximum atomic E-state index is 12.9. The van der Waals surface area contributed by atoms with Gasteiger partial charge in [-0.3, -0.25) is 14.9 Å². The molecule has 0 saturated carbocycles. The van der Waals surface area contributed by atoms with Gasteiger partial charge in [-0.05, 0) is 30.3 Å². The van der Waals surface area contributed by atoms with Crippen molar-refractivity contribution in [1.29, 1.82) is 0 Å². The van der Waals surface area contributed by atoms with Crippen molar-refractivity contribution < 1.29 is 33.4 Å². The van der Waals surface area contributed by atoms with E-state index in [0.717, 1.165) is 0 Å². The van der Waals surface area contributed by atoms with Gasteiger partial charge in [0.1, 0.15) is 5.75 Å². The van der Waals surface area contributed by atoms with Gasteiger partial charge in [0.05, 0.1) is 38.0 Å². The van der Waals surface area contributed by atoms with Gasteiger partial charge in [0.2, 0.25) is 5.75 Å². The number of methoxy groups -OCH3 is 3. The highest BCUT2D eigenvalue weighted by atomic mass is 16.6. The third-order valence-electron chi connectivity index (χ3n) is 5.25. The number of hydrogen-bond acceptors (Lipinski definition) is 9. The lowest BCUT2D eigenvalue weighted by atomic mass is 10.2. The number of ether oxygens (including phenoxy) is 5. The Morgan fingerprint density at radius 2 is 1.58 bits per heavy atom. The number of carbonyl (C=O) groups excluding carboxylic acids is 1. The summed E-state index contributed by atoms with van der Waals surface area (Å²) in [7, 11) is 4.51. The Morgan fingerprint density at radius 1 is 0.921 bits per heavy atom. The van der Waals surface area contributed by atoms with Gasteiger partial charge < -0.3 is 29.0 Å². The van der Waals surface area contributed by atoms with Crippen molar-refractivity contribution in [3.63, 3.8) is 0 Å². The van der Waals surface area contributed by atoms with Crippen LogP contribution in [0.5, 0.6) is 34.5 Å². The molecule has 4 aromatic rings. The molecule has 38 heavy (non-hydrogen) atoms. The Hall–Kier alpha value is -5.26. The number of nitrogens with one attached hydrogen (secondary N) is 1. The molecule has 12 nitrogen and oxygen atoms in total. The molecule has 1 heterocycles. The minimum atomic E-state index is -0.581. The number of aromatic nitrogens is 2. The molecule has 12 heteroatoms. The van der Waals surface area contributed by atoms with E-state index in [1.807, 2.05) is 0 Å². The first-order chi connectivity index (χ1) is 18.4. The fourth-order valence-electron chi connectivity index (χ4n) is 3.49. The second-order valence-corrected chi connectivity index (χ2v) is 7.69. The van der Waals surface area contributed by atoms with E-state index in [4.69, 9.17) is 23.7 Å². The summed E-state index contributed by atoms with van der Waals surface area (Å²) < 4.78 is 28.9. The van der Waals surface area contributed by atoms with Crippen molar-refractivity contribution in [2.24, 2.45) is 0 Å². The van der Waals surface area contributed by atoms with Crippen molar-refractivity contribution in [3.8, 4) is 34.5 Å². The lowest BCUT2D eigenvalue weighted by Crippen LogP contribution is -2.14. The Morgan fingerprint density at radius 3 is 2.24 bits per heavy atom. The predicted molar refractivity (Wildman–Crippen MR) is 137 cm³/mol. The zero-order valence-corrected chi connectivity index (χ0v) is 20.7. The summed E-state index contributed by atoms with van der Waals surface area (Å²) in [5.74, 6) is 1.71. The second-order valence-electron chi connectivity index (χ2n) is 7.69. The number of anilines is 1. The minimum absolute atomic E-state index is 0.0300. The molecular formula is C26H24N4O8. The fraction of sp³-hybridized carbons (Fsp3) is 0.154. The molecule has 0 aliphatic carbocycles. The zero-order valence-electron chi connectivity index (χ0n) is 20.7. The number of nitro groups is 1. The summed E-state index contributed by atoms with van der Waals surface area (Å²) >= 11 is 0. The molecule has 0 saturated heterocycles. The van der Waals surface area contributed by atoms with Crippen LogP contribution >= 0.6 is 0 Å². The van der Waals surface area contributed by atoms with E-state index < -0.39 is 10.8 Å². The quantitative estimate of drug-likeness (QED) is 0.216. The van der Waals surface area contributed by atoms with E-state index in [-0.39, 0.29) is 29.5 Å². The molecule has 0 spiro atoms. The number of amides is 1. The number of hydrogen-bond donors (Lipinski definition) is 1. The fourth-order valence-corrected chi connectivity index (χ4v) is 3.49. The summed E-state index contributed by atoms with van der Waals surface area (Å²) in [6.45, 7) is -0.0300. The van der Waals surface area contributed by atoms with Crippen molar-refractivity contribution in [3.05, 3.63) is 88.7 Å². The third-order valence-corrected chi connectivity index (χ3v) is 5.25. The summed E-state index contributed by atoms with van der Waals surface area (Å²) in [5.41, 5.74) is -0.0460. The van der Waals surface area contributed by atoms with Gasteiger partial charge in [-0.25, -0.2) is 4.68 Å². The van der Waals surface area contributed by atoms with Crippen molar-refractivity contribution in [2.45, 2.75) is 6.73 Å². The van der Waals surface area contributed by atoms with Crippen LogP contribution < -0.4 is 29.0 Å². The third kappa shape index (κ3) is 5.93. The van der Waals surface area contributed by atoms with Gasteiger partial charge in [0.25, 0.3) is 11.6 Å². The van der Waals surface area contributed by atoms with Gasteiger partial charge in [0, 0.05) is 18.3 Å². The second kappa shape index (κ2) is 11.6. The molecule has 3 aromatic carbocycles. The monoisotopic (exact) mass is 520 g/mol. The molecule has 1 N–H and O–H groups in total. The number of para-hydroxylation sites is 3. The maximum Gasteiger partial charge on any atom is 0.276 e. The normalized spacial score (nSPS) is 10.4. The zero-order chi connectivity index (χ0) is 27.1. The van der Waals surface area contributed by atoms with Crippen LogP contribution in [0.15, 0.2) is 72.9 Å². The van der Waals surface area contributed by atoms with Crippen molar-refractivity contribution >= 4 is 17.3 Å². The van der Waals surface area contributed by atoms with E-state index in [2.05, 4.69) is 10.4 Å². The van der Waals surface area contributed by atoms with Crippen LogP contribution in [0.3, 0.4) is 0 Å². The average Bonchev–Trinajstić information content (AvgIpc) is 3.41. The molecule has 0 bridgehead atoms. The van der Waals surface area contributed by atoms with Gasteiger partial charge in [0.15, 0.2) is 35.4 Å². The highest BCUT2D eigenvalue weighted by molar-refractivity contribution is 6.03. The lowest BCUT2D eigenvalue weighted by Gasteiger charge is -2.13. The minimum Gasteiger partial charge on any atom is -0.493 e. The Balaban J connectivity index is 1.49. The van der Waals surface area contributed by atoms with Gasteiger partial charge >= 0.3 is 0 Å². The standard InChI is InChI=1S/C26H24N4O8/c1-34-21-7-4-5-8-22(21)38-19-14-17(13-18(15-19)30(32)33)27-26(31)20-11-12-29(28-20)16-37-25-23(35-2)9-6-10-24(25)36-3/h4-15H,16H2,1-3H3,(H,27,31). The highest BCUT2D eigenvalue weighted by Crippen LogP contribution is 2.37. The Bertz CT molecular complexity index is 1430. The number of benzene rings is 3. The molecule has 1 aromatic heterocycles. The lowest BCUT2D eigenvalue weighted by molar-refractivity contribution is -0.384. The molecule has 0 unspecified atom stereocenters. The molecule has 0 atom stereocenters. The molecule has 196 valence electrons. The van der Waals surface area contributed by atoms with Crippen LogP contribution in [0, 0.1) is 10.1 Å². The van der Waals surface area contributed by atoms with Crippen LogP contribution in [-0.2, 0) is 6.73 Å². The molecule has 0 radical (unpaired) electrons.